The zero-order valence-corrected chi connectivity index (χ0v) is 21.1. The van der Waals surface area contributed by atoms with E-state index < -0.39 is 15.2 Å². The number of halogens is 2. The van der Waals surface area contributed by atoms with Crippen molar-refractivity contribution < 1.29 is 42.6 Å². The first-order valence-corrected chi connectivity index (χ1v) is 12.9. The summed E-state index contributed by atoms with van der Waals surface area (Å²) in [5, 5.41) is 8.87. The Balaban J connectivity index is 0.000000209. The van der Waals surface area contributed by atoms with E-state index in [2.05, 4.69) is 21.4 Å². The molecule has 12 heteroatoms. The van der Waals surface area contributed by atoms with Crippen LogP contribution in [-0.2, 0) is 14.0 Å². The highest BCUT2D eigenvalue weighted by atomic mass is 36.0. The lowest BCUT2D eigenvalue weighted by Gasteiger charge is -2.19. The first-order chi connectivity index (χ1) is 16.1. The van der Waals surface area contributed by atoms with Gasteiger partial charge in [0.2, 0.25) is 9.23 Å². The molecule has 4 rings (SSSR count). The Morgan fingerprint density at radius 3 is 1.59 bits per heavy atom. The number of carboxylic acids is 1. The van der Waals surface area contributed by atoms with Crippen LogP contribution in [-0.4, -0.2) is 54.3 Å². The van der Waals surface area contributed by atoms with Crippen LogP contribution in [0.3, 0.4) is 0 Å². The Morgan fingerprint density at radius 2 is 1.21 bits per heavy atom. The number of esters is 1. The van der Waals surface area contributed by atoms with E-state index in [1.54, 1.807) is 32.0 Å². The molecule has 0 saturated heterocycles. The van der Waals surface area contributed by atoms with E-state index in [0.717, 1.165) is 5.56 Å². The summed E-state index contributed by atoms with van der Waals surface area (Å²) in [4.78, 5) is 22.4. The lowest BCUT2D eigenvalue weighted by molar-refractivity contribution is 0.0523. The zero-order valence-electron chi connectivity index (χ0n) is 18.7. The number of carbonyl (C=O) groups excluding carboxylic acids is 1. The second kappa shape index (κ2) is 13.3. The highest BCUT2D eigenvalue weighted by molar-refractivity contribution is 8.26. The van der Waals surface area contributed by atoms with Gasteiger partial charge in [-0.1, -0.05) is 0 Å². The molecule has 0 fully saturated rings. The number of carboxylic acid groups (broad SMARTS) is 1. The molecule has 0 aliphatic carbocycles. The minimum absolute atomic E-state index is 0.259. The Morgan fingerprint density at radius 1 is 0.853 bits per heavy atom. The average Bonchev–Trinajstić information content (AvgIpc) is 2.78. The highest BCUT2D eigenvalue weighted by Gasteiger charge is 2.19. The van der Waals surface area contributed by atoms with E-state index in [4.69, 9.17) is 33.0 Å². The fourth-order valence-electron chi connectivity index (χ4n) is 3.04. The number of hydrogen-bond acceptors (Lipinski definition) is 8. The molecule has 0 aromatic heterocycles. The molecular formula is C22H24Cl2O9S. The van der Waals surface area contributed by atoms with Gasteiger partial charge < -0.3 is 28.8 Å². The highest BCUT2D eigenvalue weighted by Crippen LogP contribution is 2.34. The monoisotopic (exact) mass is 534 g/mol. The molecule has 186 valence electrons. The number of fused-ring (bicyclic) bond motifs is 2. The Labute approximate surface area is 208 Å². The number of benzene rings is 2. The molecule has 0 unspecified atom stereocenters. The average molecular weight is 535 g/mol. The van der Waals surface area contributed by atoms with E-state index in [1.807, 2.05) is 6.92 Å². The molecule has 0 amide bonds. The summed E-state index contributed by atoms with van der Waals surface area (Å²) in [6, 6.07) is 6.69. The third kappa shape index (κ3) is 7.96. The second-order valence-corrected chi connectivity index (χ2v) is 9.36. The molecule has 0 saturated carbocycles. The zero-order chi connectivity index (χ0) is 25.3. The van der Waals surface area contributed by atoms with Crippen LogP contribution in [0.2, 0.25) is 0 Å². The van der Waals surface area contributed by atoms with Crippen LogP contribution in [0.1, 0.15) is 38.8 Å². The van der Waals surface area contributed by atoms with E-state index in [0.29, 0.717) is 67.2 Å². The molecule has 34 heavy (non-hydrogen) atoms. The first-order valence-electron chi connectivity index (χ1n) is 10.1. The number of ether oxygens (including phenoxy) is 5. The van der Waals surface area contributed by atoms with Crippen molar-refractivity contribution in [2.24, 2.45) is 0 Å². The van der Waals surface area contributed by atoms with Crippen LogP contribution in [0, 0.1) is 13.8 Å². The van der Waals surface area contributed by atoms with Gasteiger partial charge in [-0.25, -0.2) is 13.8 Å². The molecule has 0 atom stereocenters. The number of rotatable bonds is 3. The fourth-order valence-corrected chi connectivity index (χ4v) is 3.04. The minimum Gasteiger partial charge on any atom is -0.486 e. The topological polar surface area (TPSA) is 118 Å². The largest absolute Gasteiger partial charge is 0.486 e. The molecule has 0 spiro atoms. The summed E-state index contributed by atoms with van der Waals surface area (Å²) in [6.45, 7) is 7.78. The van der Waals surface area contributed by atoms with Crippen molar-refractivity contribution in [2.45, 2.75) is 20.8 Å². The van der Waals surface area contributed by atoms with Gasteiger partial charge in [0.25, 0.3) is 0 Å². The third-order valence-corrected chi connectivity index (χ3v) is 4.50. The Bertz CT molecular complexity index is 1060. The van der Waals surface area contributed by atoms with Gasteiger partial charge in [-0.15, -0.1) is 0 Å². The summed E-state index contributed by atoms with van der Waals surface area (Å²) < 4.78 is 35.5. The summed E-state index contributed by atoms with van der Waals surface area (Å²) >= 11 is 0. The van der Waals surface area contributed by atoms with E-state index in [-0.39, 0.29) is 11.5 Å². The molecule has 2 aliphatic rings. The van der Waals surface area contributed by atoms with Gasteiger partial charge in [-0.05, 0) is 56.2 Å². The standard InChI is InChI=1S/C12H14O4.C10H10O4.Cl2OS/c1-3-14-12(13)9-7-11-10(6-8(9)2)15-4-5-16-11;1-6-4-8-9(14-3-2-13-8)5-7(6)10(11)12;1-4(2)3/h6-7H,3-5H2,1-2H3;4-5H,2-3H2,1H3,(H,11,12);. The van der Waals surface area contributed by atoms with Crippen LogP contribution < -0.4 is 18.9 Å². The summed E-state index contributed by atoms with van der Waals surface area (Å²) in [6.07, 6.45) is 0. The molecule has 2 heterocycles. The molecule has 0 bridgehead atoms. The van der Waals surface area contributed by atoms with Crippen molar-refractivity contribution in [3.05, 3.63) is 46.5 Å². The smallest absolute Gasteiger partial charge is 0.338 e. The van der Waals surface area contributed by atoms with Gasteiger partial charge in [0, 0.05) is 21.4 Å². The predicted octanol–water partition coefficient (Wildman–Crippen LogP) is 4.45. The Kier molecular flexibility index (Phi) is 10.7. The van der Waals surface area contributed by atoms with Crippen LogP contribution in [0.4, 0.5) is 0 Å². The van der Waals surface area contributed by atoms with Gasteiger partial charge in [-0.3, -0.25) is 0 Å². The number of aryl methyl sites for hydroxylation is 2. The maximum atomic E-state index is 11.6. The Hall–Kier alpha value is -2.69. The van der Waals surface area contributed by atoms with Gasteiger partial charge in [0.1, 0.15) is 26.4 Å². The van der Waals surface area contributed by atoms with Crippen molar-refractivity contribution in [1.29, 1.82) is 0 Å². The summed E-state index contributed by atoms with van der Waals surface area (Å²) in [5.74, 6) is 1.17. The van der Waals surface area contributed by atoms with Gasteiger partial charge in [-0.2, -0.15) is 0 Å². The van der Waals surface area contributed by atoms with Crippen LogP contribution in [0.15, 0.2) is 24.3 Å². The second-order valence-electron chi connectivity index (χ2n) is 6.83. The van der Waals surface area contributed by atoms with Gasteiger partial charge in [0.05, 0.1) is 17.7 Å². The normalized spacial score (nSPS) is 13.0. The van der Waals surface area contributed by atoms with E-state index in [1.165, 1.54) is 6.07 Å². The number of aromatic carboxylic acids is 1. The minimum atomic E-state index is -1.67. The SMILES string of the molecule is CCOC(=O)c1cc2c(cc1C)OCCO2.Cc1cc2c(cc1C(=O)O)OCCO2.O=S(Cl)Cl. The lowest BCUT2D eigenvalue weighted by atomic mass is 10.1. The van der Waals surface area contributed by atoms with Crippen LogP contribution >= 0.6 is 21.4 Å². The van der Waals surface area contributed by atoms with Crippen LogP contribution in [0.5, 0.6) is 23.0 Å². The predicted molar refractivity (Wildman–Crippen MR) is 127 cm³/mol. The quantitative estimate of drug-likeness (QED) is 0.449. The number of carbonyl (C=O) groups is 2. The van der Waals surface area contributed by atoms with Crippen molar-refractivity contribution in [3.63, 3.8) is 0 Å². The number of hydrogen-bond donors (Lipinski definition) is 1. The molecule has 2 aliphatic heterocycles. The van der Waals surface area contributed by atoms with E-state index in [9.17, 15) is 9.59 Å². The third-order valence-electron chi connectivity index (χ3n) is 4.50. The fraction of sp³-hybridized carbons (Fsp3) is 0.364. The molecule has 2 aromatic carbocycles. The van der Waals surface area contributed by atoms with Gasteiger partial charge in [0.15, 0.2) is 23.0 Å². The summed E-state index contributed by atoms with van der Waals surface area (Å²) in [5.41, 5.74) is 2.31. The molecule has 1 N–H and O–H groups in total. The van der Waals surface area contributed by atoms with Crippen molar-refractivity contribution >= 4 is 42.5 Å². The van der Waals surface area contributed by atoms with Crippen molar-refractivity contribution in [3.8, 4) is 23.0 Å². The summed E-state index contributed by atoms with van der Waals surface area (Å²) in [7, 11) is 7.36. The molecule has 2 aromatic rings. The molecule has 9 nitrogen and oxygen atoms in total. The lowest BCUT2D eigenvalue weighted by Crippen LogP contribution is -2.17. The van der Waals surface area contributed by atoms with Crippen molar-refractivity contribution in [1.82, 2.24) is 0 Å². The molecular weight excluding hydrogens is 511 g/mol. The first kappa shape index (κ1) is 27.6. The van der Waals surface area contributed by atoms with Gasteiger partial charge >= 0.3 is 11.9 Å². The van der Waals surface area contributed by atoms with Crippen molar-refractivity contribution in [2.75, 3.05) is 33.0 Å². The van der Waals surface area contributed by atoms with E-state index >= 15 is 0 Å². The maximum Gasteiger partial charge on any atom is 0.338 e. The maximum absolute atomic E-state index is 11.6. The molecule has 0 radical (unpaired) electrons. The van der Waals surface area contributed by atoms with Crippen LogP contribution in [0.25, 0.3) is 0 Å².